The predicted molar refractivity (Wildman–Crippen MR) is 70.1 cm³/mol. The highest BCUT2D eigenvalue weighted by Gasteiger charge is 2.29. The van der Waals surface area contributed by atoms with E-state index in [0.29, 0.717) is 25.9 Å². The second-order valence-corrected chi connectivity index (χ2v) is 4.73. The topological polar surface area (TPSA) is 64.4 Å². The van der Waals surface area contributed by atoms with Crippen LogP contribution in [0.3, 0.4) is 0 Å². The molecule has 5 heteroatoms. The van der Waals surface area contributed by atoms with Gasteiger partial charge in [-0.05, 0) is 37.0 Å². The lowest BCUT2D eigenvalue weighted by Gasteiger charge is -2.12. The average Bonchev–Trinajstić information content (AvgIpc) is 2.87. The Kier molecular flexibility index (Phi) is 4.87. The third kappa shape index (κ3) is 4.01. The first-order chi connectivity index (χ1) is 9.19. The van der Waals surface area contributed by atoms with Gasteiger partial charge in [-0.15, -0.1) is 0 Å². The molecule has 1 aromatic rings. The van der Waals surface area contributed by atoms with E-state index in [4.69, 9.17) is 10.5 Å². The predicted octanol–water partition coefficient (Wildman–Crippen LogP) is 0.991. The second-order valence-electron chi connectivity index (χ2n) is 4.73. The van der Waals surface area contributed by atoms with Gasteiger partial charge in [0.1, 0.15) is 11.9 Å². The Morgan fingerprint density at radius 1 is 1.47 bits per heavy atom. The number of rotatable bonds is 5. The summed E-state index contributed by atoms with van der Waals surface area (Å²) in [6.45, 7) is 0.933. The number of benzene rings is 1. The monoisotopic (exact) mass is 266 g/mol. The van der Waals surface area contributed by atoms with Gasteiger partial charge in [-0.25, -0.2) is 4.39 Å². The molecule has 1 amide bonds. The maximum Gasteiger partial charge on any atom is 0.249 e. The zero-order valence-corrected chi connectivity index (χ0v) is 10.8. The highest BCUT2D eigenvalue weighted by molar-refractivity contribution is 5.81. The van der Waals surface area contributed by atoms with Gasteiger partial charge in [0.25, 0.3) is 0 Å². The first kappa shape index (κ1) is 14.0. The van der Waals surface area contributed by atoms with E-state index in [1.807, 2.05) is 6.07 Å². The van der Waals surface area contributed by atoms with E-state index in [2.05, 4.69) is 5.32 Å². The molecule has 0 saturated carbocycles. The Morgan fingerprint density at radius 3 is 3.00 bits per heavy atom. The van der Waals surface area contributed by atoms with Crippen LogP contribution in [0, 0.1) is 5.82 Å². The number of carbonyl (C=O) groups is 1. The molecule has 4 nitrogen and oxygen atoms in total. The molecule has 2 unspecified atom stereocenters. The van der Waals surface area contributed by atoms with Crippen molar-refractivity contribution in [2.75, 3.05) is 13.1 Å². The summed E-state index contributed by atoms with van der Waals surface area (Å²) < 4.78 is 18.5. The van der Waals surface area contributed by atoms with Crippen LogP contribution >= 0.6 is 0 Å². The summed E-state index contributed by atoms with van der Waals surface area (Å²) in [4.78, 5) is 11.8. The minimum atomic E-state index is -0.388. The van der Waals surface area contributed by atoms with E-state index in [1.165, 1.54) is 12.1 Å². The Balaban J connectivity index is 1.72. The fourth-order valence-electron chi connectivity index (χ4n) is 2.21. The lowest BCUT2D eigenvalue weighted by Crippen LogP contribution is -2.36. The largest absolute Gasteiger partial charge is 0.364 e. The normalized spacial score (nSPS) is 22.4. The first-order valence-electron chi connectivity index (χ1n) is 6.56. The number of ether oxygens (including phenoxy) is 1. The van der Waals surface area contributed by atoms with Crippen molar-refractivity contribution in [2.45, 2.75) is 31.5 Å². The van der Waals surface area contributed by atoms with E-state index in [9.17, 15) is 9.18 Å². The van der Waals surface area contributed by atoms with Crippen molar-refractivity contribution in [1.82, 2.24) is 5.32 Å². The number of hydrogen-bond acceptors (Lipinski definition) is 3. The van der Waals surface area contributed by atoms with Crippen molar-refractivity contribution in [3.63, 3.8) is 0 Å². The molecule has 0 radical (unpaired) electrons. The summed E-state index contributed by atoms with van der Waals surface area (Å²) in [6, 6.07) is 6.38. The number of halogens is 1. The van der Waals surface area contributed by atoms with E-state index in [0.717, 1.165) is 12.0 Å². The van der Waals surface area contributed by atoms with Gasteiger partial charge in [-0.1, -0.05) is 12.1 Å². The van der Waals surface area contributed by atoms with Crippen molar-refractivity contribution in [3.8, 4) is 0 Å². The van der Waals surface area contributed by atoms with Gasteiger partial charge in [0.15, 0.2) is 0 Å². The van der Waals surface area contributed by atoms with Gasteiger partial charge in [-0.3, -0.25) is 4.79 Å². The SMILES string of the molecule is NCC1CCC(C(=O)NCCc2cccc(F)c2)O1. The van der Waals surface area contributed by atoms with Gasteiger partial charge in [0.2, 0.25) is 5.91 Å². The molecule has 19 heavy (non-hydrogen) atoms. The minimum absolute atomic E-state index is 0.000954. The molecule has 1 aromatic carbocycles. The molecule has 1 fully saturated rings. The molecular weight excluding hydrogens is 247 g/mol. The Morgan fingerprint density at radius 2 is 2.32 bits per heavy atom. The summed E-state index contributed by atoms with van der Waals surface area (Å²) in [7, 11) is 0. The van der Waals surface area contributed by atoms with Crippen molar-refractivity contribution < 1.29 is 13.9 Å². The lowest BCUT2D eigenvalue weighted by molar-refractivity contribution is -0.131. The number of nitrogens with two attached hydrogens (primary N) is 1. The standard InChI is InChI=1S/C14H19FN2O2/c15-11-3-1-2-10(8-11)6-7-17-14(18)13-5-4-12(9-16)19-13/h1-3,8,12-13H,4-7,9,16H2,(H,17,18). The summed E-state index contributed by atoms with van der Waals surface area (Å²) in [5.41, 5.74) is 6.36. The van der Waals surface area contributed by atoms with E-state index in [-0.39, 0.29) is 23.9 Å². The molecule has 1 heterocycles. The van der Waals surface area contributed by atoms with Crippen molar-refractivity contribution in [3.05, 3.63) is 35.6 Å². The molecule has 0 spiro atoms. The summed E-state index contributed by atoms with van der Waals surface area (Å²) in [6.07, 6.45) is 1.77. The quantitative estimate of drug-likeness (QED) is 0.835. The summed E-state index contributed by atoms with van der Waals surface area (Å²) >= 11 is 0. The highest BCUT2D eigenvalue weighted by atomic mass is 19.1. The molecule has 3 N–H and O–H groups in total. The maximum absolute atomic E-state index is 13.0. The molecule has 0 bridgehead atoms. The fraction of sp³-hybridized carbons (Fsp3) is 0.500. The van der Waals surface area contributed by atoms with Crippen LogP contribution in [-0.4, -0.2) is 31.2 Å². The maximum atomic E-state index is 13.0. The Hall–Kier alpha value is -1.46. The second kappa shape index (κ2) is 6.63. The van der Waals surface area contributed by atoms with Crippen LogP contribution in [0.15, 0.2) is 24.3 Å². The third-order valence-corrected chi connectivity index (χ3v) is 3.26. The van der Waals surface area contributed by atoms with E-state index >= 15 is 0 Å². The third-order valence-electron chi connectivity index (χ3n) is 3.26. The van der Waals surface area contributed by atoms with Crippen LogP contribution in [0.2, 0.25) is 0 Å². The first-order valence-corrected chi connectivity index (χ1v) is 6.56. The van der Waals surface area contributed by atoms with Crippen LogP contribution in [0.1, 0.15) is 18.4 Å². The van der Waals surface area contributed by atoms with Crippen molar-refractivity contribution in [1.29, 1.82) is 0 Å². The van der Waals surface area contributed by atoms with Gasteiger partial charge < -0.3 is 15.8 Å². The van der Waals surface area contributed by atoms with E-state index < -0.39 is 0 Å². The van der Waals surface area contributed by atoms with Crippen LogP contribution < -0.4 is 11.1 Å². The lowest BCUT2D eigenvalue weighted by atomic mass is 10.1. The van der Waals surface area contributed by atoms with Crippen LogP contribution in [0.5, 0.6) is 0 Å². The van der Waals surface area contributed by atoms with Crippen molar-refractivity contribution >= 4 is 5.91 Å². The average molecular weight is 266 g/mol. The zero-order chi connectivity index (χ0) is 13.7. The molecule has 0 aromatic heterocycles. The molecule has 2 rings (SSSR count). The van der Waals surface area contributed by atoms with E-state index in [1.54, 1.807) is 6.07 Å². The molecule has 104 valence electrons. The van der Waals surface area contributed by atoms with Gasteiger partial charge in [0, 0.05) is 13.1 Å². The smallest absolute Gasteiger partial charge is 0.249 e. The minimum Gasteiger partial charge on any atom is -0.364 e. The molecule has 1 aliphatic rings. The zero-order valence-electron chi connectivity index (χ0n) is 10.8. The highest BCUT2D eigenvalue weighted by Crippen LogP contribution is 2.18. The van der Waals surface area contributed by atoms with Gasteiger partial charge in [-0.2, -0.15) is 0 Å². The number of carbonyl (C=O) groups excluding carboxylic acids is 1. The fourth-order valence-corrected chi connectivity index (χ4v) is 2.21. The molecule has 0 aliphatic carbocycles. The van der Waals surface area contributed by atoms with Crippen molar-refractivity contribution in [2.24, 2.45) is 5.73 Å². The van der Waals surface area contributed by atoms with Gasteiger partial charge in [0.05, 0.1) is 6.10 Å². The van der Waals surface area contributed by atoms with Gasteiger partial charge >= 0.3 is 0 Å². The number of nitrogens with one attached hydrogen (secondary N) is 1. The summed E-state index contributed by atoms with van der Waals surface area (Å²) in [5, 5.41) is 2.81. The van der Waals surface area contributed by atoms with Crippen LogP contribution in [-0.2, 0) is 16.0 Å². The number of amides is 1. The van der Waals surface area contributed by atoms with Crippen LogP contribution in [0.25, 0.3) is 0 Å². The Bertz CT molecular complexity index is 439. The molecule has 1 aliphatic heterocycles. The summed E-state index contributed by atoms with van der Waals surface area (Å²) in [5.74, 6) is -0.360. The number of hydrogen-bond donors (Lipinski definition) is 2. The molecule has 1 saturated heterocycles. The molecular formula is C14H19FN2O2. The molecule has 2 atom stereocenters. The Labute approximate surface area is 112 Å². The van der Waals surface area contributed by atoms with Crippen LogP contribution in [0.4, 0.5) is 4.39 Å².